The standard InChI is InChI=1S/C11H13N3O4S2/c1-7(2)14-6-8(5-9(14)10(15)16)20(17,18)13-11-12-3-4-19-11/h3-7H,1-2H3,(H,12,13)(H,15,16). The van der Waals surface area contributed by atoms with Crippen LogP contribution in [-0.2, 0) is 10.0 Å². The van der Waals surface area contributed by atoms with Crippen LogP contribution in [0.1, 0.15) is 30.4 Å². The molecule has 0 bridgehead atoms. The minimum Gasteiger partial charge on any atom is -0.477 e. The molecule has 0 radical (unpaired) electrons. The van der Waals surface area contributed by atoms with Gasteiger partial charge < -0.3 is 9.67 Å². The zero-order valence-electron chi connectivity index (χ0n) is 10.8. The van der Waals surface area contributed by atoms with Crippen molar-refractivity contribution >= 4 is 32.5 Å². The Morgan fingerprint density at radius 3 is 2.65 bits per heavy atom. The largest absolute Gasteiger partial charge is 0.477 e. The summed E-state index contributed by atoms with van der Waals surface area (Å²) in [6, 6.07) is 0.975. The normalized spacial score (nSPS) is 11.8. The Morgan fingerprint density at radius 1 is 1.50 bits per heavy atom. The van der Waals surface area contributed by atoms with Crippen molar-refractivity contribution in [2.24, 2.45) is 0 Å². The highest BCUT2D eigenvalue weighted by Crippen LogP contribution is 2.22. The van der Waals surface area contributed by atoms with Crippen molar-refractivity contribution in [1.29, 1.82) is 0 Å². The van der Waals surface area contributed by atoms with Crippen LogP contribution in [-0.4, -0.2) is 29.0 Å². The molecule has 108 valence electrons. The molecule has 9 heteroatoms. The Bertz CT molecular complexity index is 717. The van der Waals surface area contributed by atoms with Crippen molar-refractivity contribution in [2.75, 3.05) is 4.72 Å². The maximum Gasteiger partial charge on any atom is 0.352 e. The molecule has 2 rings (SSSR count). The van der Waals surface area contributed by atoms with Gasteiger partial charge in [-0.3, -0.25) is 4.72 Å². The van der Waals surface area contributed by atoms with Crippen molar-refractivity contribution in [3.8, 4) is 0 Å². The summed E-state index contributed by atoms with van der Waals surface area (Å²) in [5.74, 6) is -1.17. The van der Waals surface area contributed by atoms with Gasteiger partial charge in [-0.1, -0.05) is 0 Å². The van der Waals surface area contributed by atoms with Crippen LogP contribution < -0.4 is 4.72 Å². The van der Waals surface area contributed by atoms with E-state index in [1.54, 1.807) is 19.2 Å². The lowest BCUT2D eigenvalue weighted by molar-refractivity contribution is 0.0683. The van der Waals surface area contributed by atoms with Crippen molar-refractivity contribution in [3.63, 3.8) is 0 Å². The Kier molecular flexibility index (Phi) is 3.82. The summed E-state index contributed by atoms with van der Waals surface area (Å²) in [6.45, 7) is 3.55. The van der Waals surface area contributed by atoms with Gasteiger partial charge in [-0.2, -0.15) is 0 Å². The number of aromatic nitrogens is 2. The van der Waals surface area contributed by atoms with Crippen LogP contribution >= 0.6 is 11.3 Å². The fourth-order valence-corrected chi connectivity index (χ4v) is 3.46. The van der Waals surface area contributed by atoms with Gasteiger partial charge in [0, 0.05) is 23.8 Å². The molecule has 2 aromatic heterocycles. The average molecular weight is 315 g/mol. The third-order valence-electron chi connectivity index (χ3n) is 2.56. The van der Waals surface area contributed by atoms with E-state index in [0.717, 1.165) is 17.4 Å². The van der Waals surface area contributed by atoms with Crippen LogP contribution in [0.25, 0.3) is 0 Å². The van der Waals surface area contributed by atoms with E-state index in [-0.39, 0.29) is 21.8 Å². The van der Waals surface area contributed by atoms with E-state index in [4.69, 9.17) is 5.11 Å². The number of carbonyl (C=O) groups is 1. The number of nitrogens with zero attached hydrogens (tertiary/aromatic N) is 2. The second-order valence-corrected chi connectivity index (χ2v) is 6.89. The summed E-state index contributed by atoms with van der Waals surface area (Å²) in [5, 5.41) is 11.0. The molecule has 0 unspecified atom stereocenters. The molecule has 2 aromatic rings. The van der Waals surface area contributed by atoms with Gasteiger partial charge in [0.05, 0.1) is 0 Å². The molecule has 0 saturated carbocycles. The van der Waals surface area contributed by atoms with Crippen molar-refractivity contribution in [2.45, 2.75) is 24.8 Å². The third kappa shape index (κ3) is 2.83. The predicted octanol–water partition coefficient (Wildman–Crippen LogP) is 2.02. The highest BCUT2D eigenvalue weighted by atomic mass is 32.2. The molecule has 0 saturated heterocycles. The first-order valence-corrected chi connectivity index (χ1v) is 8.05. The minimum absolute atomic E-state index is 0.0699. The molecule has 0 fully saturated rings. The highest BCUT2D eigenvalue weighted by molar-refractivity contribution is 7.93. The summed E-state index contributed by atoms with van der Waals surface area (Å²) in [6.07, 6.45) is 2.79. The van der Waals surface area contributed by atoms with Crippen LogP contribution in [0.4, 0.5) is 5.13 Å². The monoisotopic (exact) mass is 315 g/mol. The number of thiazole rings is 1. The van der Waals surface area contributed by atoms with E-state index in [9.17, 15) is 13.2 Å². The molecule has 0 aliphatic heterocycles. The number of anilines is 1. The van der Waals surface area contributed by atoms with E-state index in [1.165, 1.54) is 17.0 Å². The Labute approximate surface area is 119 Å². The second kappa shape index (κ2) is 5.25. The molecule has 2 N–H and O–H groups in total. The first kappa shape index (κ1) is 14.5. The number of rotatable bonds is 5. The molecule has 7 nitrogen and oxygen atoms in total. The molecule has 0 aliphatic carbocycles. The van der Waals surface area contributed by atoms with Gasteiger partial charge >= 0.3 is 5.97 Å². The smallest absolute Gasteiger partial charge is 0.352 e. The van der Waals surface area contributed by atoms with E-state index >= 15 is 0 Å². The Morgan fingerprint density at radius 2 is 2.20 bits per heavy atom. The van der Waals surface area contributed by atoms with Gasteiger partial charge in [-0.25, -0.2) is 18.2 Å². The summed E-state index contributed by atoms with van der Waals surface area (Å²) in [4.78, 5) is 14.9. The van der Waals surface area contributed by atoms with Gasteiger partial charge in [0.2, 0.25) is 0 Å². The van der Waals surface area contributed by atoms with Crippen LogP contribution in [0.3, 0.4) is 0 Å². The third-order valence-corrected chi connectivity index (χ3v) is 4.69. The summed E-state index contributed by atoms with van der Waals surface area (Å²) >= 11 is 1.14. The van der Waals surface area contributed by atoms with Gasteiger partial charge in [-0.05, 0) is 19.9 Å². The zero-order chi connectivity index (χ0) is 14.9. The number of carboxylic acid groups (broad SMARTS) is 1. The number of carboxylic acids is 1. The number of sulfonamides is 1. The van der Waals surface area contributed by atoms with Crippen molar-refractivity contribution in [1.82, 2.24) is 9.55 Å². The minimum atomic E-state index is -3.84. The molecule has 0 atom stereocenters. The van der Waals surface area contributed by atoms with Crippen LogP contribution in [0, 0.1) is 0 Å². The van der Waals surface area contributed by atoms with E-state index in [1.807, 2.05) is 0 Å². The van der Waals surface area contributed by atoms with Gasteiger partial charge in [0.15, 0.2) is 5.13 Å². The lowest BCUT2D eigenvalue weighted by atomic mass is 10.3. The highest BCUT2D eigenvalue weighted by Gasteiger charge is 2.23. The summed E-state index contributed by atoms with van der Waals surface area (Å²) < 4.78 is 28.0. The molecule has 0 aromatic carbocycles. The van der Waals surface area contributed by atoms with Crippen LogP contribution in [0.2, 0.25) is 0 Å². The van der Waals surface area contributed by atoms with E-state index in [2.05, 4.69) is 9.71 Å². The average Bonchev–Trinajstić information content (AvgIpc) is 2.95. The molecule has 0 aliphatic rings. The number of nitrogens with one attached hydrogen (secondary N) is 1. The first-order valence-electron chi connectivity index (χ1n) is 5.69. The Hall–Kier alpha value is -1.87. The zero-order valence-corrected chi connectivity index (χ0v) is 12.4. The lowest BCUT2D eigenvalue weighted by Crippen LogP contribution is -2.12. The van der Waals surface area contributed by atoms with E-state index < -0.39 is 16.0 Å². The number of hydrogen-bond donors (Lipinski definition) is 2. The maximum atomic E-state index is 12.2. The predicted molar refractivity (Wildman–Crippen MR) is 74.7 cm³/mol. The topological polar surface area (TPSA) is 101 Å². The van der Waals surface area contributed by atoms with Crippen LogP contribution in [0.15, 0.2) is 28.7 Å². The Balaban J connectivity index is 2.42. The quantitative estimate of drug-likeness (QED) is 0.879. The summed E-state index contributed by atoms with van der Waals surface area (Å²) in [7, 11) is -3.84. The second-order valence-electron chi connectivity index (χ2n) is 4.31. The van der Waals surface area contributed by atoms with Crippen LogP contribution in [0.5, 0.6) is 0 Å². The molecule has 20 heavy (non-hydrogen) atoms. The fraction of sp³-hybridized carbons (Fsp3) is 0.273. The SMILES string of the molecule is CC(C)n1cc(S(=O)(=O)Nc2nccs2)cc1C(=O)O. The van der Waals surface area contributed by atoms with Crippen molar-refractivity contribution < 1.29 is 18.3 Å². The fourth-order valence-electron chi connectivity index (χ4n) is 1.65. The lowest BCUT2D eigenvalue weighted by Gasteiger charge is -2.09. The van der Waals surface area contributed by atoms with Gasteiger partial charge in [-0.15, -0.1) is 11.3 Å². The molecular weight excluding hydrogens is 302 g/mol. The number of hydrogen-bond acceptors (Lipinski definition) is 5. The van der Waals surface area contributed by atoms with Gasteiger partial charge in [0.1, 0.15) is 10.6 Å². The number of aromatic carboxylic acids is 1. The summed E-state index contributed by atoms with van der Waals surface area (Å²) in [5.41, 5.74) is -0.0699. The van der Waals surface area contributed by atoms with Crippen molar-refractivity contribution in [3.05, 3.63) is 29.5 Å². The molecule has 2 heterocycles. The first-order chi connectivity index (χ1) is 9.31. The molecule has 0 spiro atoms. The van der Waals surface area contributed by atoms with Gasteiger partial charge in [0.25, 0.3) is 10.0 Å². The molecule has 0 amide bonds. The van der Waals surface area contributed by atoms with E-state index in [0.29, 0.717) is 0 Å². The maximum absolute atomic E-state index is 12.2. The molecular formula is C11H13N3O4S2.